The molecule has 1 aromatic carbocycles. The van der Waals surface area contributed by atoms with Crippen LogP contribution in [0.3, 0.4) is 0 Å². The normalized spacial score (nSPS) is 10.2. The minimum absolute atomic E-state index is 0.194. The van der Waals surface area contributed by atoms with E-state index in [-0.39, 0.29) is 5.69 Å². The number of nitrogens with zero attached hydrogens (tertiary/aromatic N) is 2. The Kier molecular flexibility index (Phi) is 4.07. The quantitative estimate of drug-likeness (QED) is 0.889. The number of imidazole rings is 1. The molecule has 2 amide bonds. The first-order chi connectivity index (χ1) is 9.15. The third-order valence-electron chi connectivity index (χ3n) is 2.39. The molecule has 1 aromatic heterocycles. The van der Waals surface area contributed by atoms with E-state index in [0.717, 1.165) is 12.1 Å². The second-order valence-corrected chi connectivity index (χ2v) is 3.81. The molecule has 0 fully saturated rings. The van der Waals surface area contributed by atoms with E-state index in [2.05, 4.69) is 15.6 Å². The van der Waals surface area contributed by atoms with Crippen molar-refractivity contribution >= 4 is 11.7 Å². The number of carbonyl (C=O) groups excluding carboxylic acids is 1. The number of carbonyl (C=O) groups is 1. The Morgan fingerprint density at radius 2 is 2.16 bits per heavy atom. The molecule has 0 unspecified atom stereocenters. The summed E-state index contributed by atoms with van der Waals surface area (Å²) in [6, 6.07) is 2.68. The van der Waals surface area contributed by atoms with E-state index in [1.807, 2.05) is 0 Å². The van der Waals surface area contributed by atoms with Crippen LogP contribution in [-0.2, 0) is 6.54 Å². The first-order valence-electron chi connectivity index (χ1n) is 5.61. The maximum absolute atomic E-state index is 12.9. The molecule has 0 saturated carbocycles. The number of anilines is 1. The number of amides is 2. The van der Waals surface area contributed by atoms with Gasteiger partial charge >= 0.3 is 6.03 Å². The smallest absolute Gasteiger partial charge is 0.319 e. The zero-order valence-corrected chi connectivity index (χ0v) is 9.94. The number of hydrogen-bond donors (Lipinski definition) is 2. The zero-order chi connectivity index (χ0) is 13.7. The van der Waals surface area contributed by atoms with Crippen LogP contribution in [0.15, 0.2) is 36.9 Å². The first kappa shape index (κ1) is 13.0. The number of rotatable bonds is 4. The van der Waals surface area contributed by atoms with Crippen LogP contribution < -0.4 is 10.6 Å². The van der Waals surface area contributed by atoms with Crippen LogP contribution in [-0.4, -0.2) is 22.1 Å². The molecule has 0 atom stereocenters. The van der Waals surface area contributed by atoms with Crippen LogP contribution in [0.1, 0.15) is 0 Å². The van der Waals surface area contributed by atoms with Gasteiger partial charge in [-0.2, -0.15) is 0 Å². The van der Waals surface area contributed by atoms with Crippen LogP contribution in [0.2, 0.25) is 0 Å². The molecular formula is C12H12F2N4O. The summed E-state index contributed by atoms with van der Waals surface area (Å²) in [4.78, 5) is 15.3. The fourth-order valence-electron chi connectivity index (χ4n) is 1.47. The summed E-state index contributed by atoms with van der Waals surface area (Å²) >= 11 is 0. The summed E-state index contributed by atoms with van der Waals surface area (Å²) in [6.07, 6.45) is 5.05. The van der Waals surface area contributed by atoms with Gasteiger partial charge in [0.05, 0.1) is 6.33 Å². The van der Waals surface area contributed by atoms with Crippen molar-refractivity contribution < 1.29 is 13.6 Å². The van der Waals surface area contributed by atoms with Gasteiger partial charge in [0.25, 0.3) is 0 Å². The molecule has 0 spiro atoms. The molecule has 0 bridgehead atoms. The molecule has 2 aromatic rings. The zero-order valence-electron chi connectivity index (χ0n) is 9.94. The van der Waals surface area contributed by atoms with Gasteiger partial charge in [-0.25, -0.2) is 18.6 Å². The van der Waals surface area contributed by atoms with Crippen molar-refractivity contribution in [3.05, 3.63) is 48.6 Å². The first-order valence-corrected chi connectivity index (χ1v) is 5.61. The third kappa shape index (κ3) is 3.77. The lowest BCUT2D eigenvalue weighted by molar-refractivity contribution is 0.251. The van der Waals surface area contributed by atoms with E-state index >= 15 is 0 Å². The molecule has 0 saturated heterocycles. The predicted molar refractivity (Wildman–Crippen MR) is 65.6 cm³/mol. The van der Waals surface area contributed by atoms with Crippen molar-refractivity contribution in [3.8, 4) is 0 Å². The fourth-order valence-corrected chi connectivity index (χ4v) is 1.47. The largest absolute Gasteiger partial charge is 0.336 e. The summed E-state index contributed by atoms with van der Waals surface area (Å²) in [7, 11) is 0. The molecule has 2 rings (SSSR count). The topological polar surface area (TPSA) is 59.0 Å². The Labute approximate surface area is 108 Å². The van der Waals surface area contributed by atoms with E-state index in [9.17, 15) is 13.6 Å². The van der Waals surface area contributed by atoms with Gasteiger partial charge in [0, 0.05) is 37.2 Å². The van der Waals surface area contributed by atoms with Gasteiger partial charge in [0.2, 0.25) is 0 Å². The summed E-state index contributed by atoms with van der Waals surface area (Å²) in [5, 5.41) is 5.00. The van der Waals surface area contributed by atoms with E-state index in [1.54, 1.807) is 23.3 Å². The Balaban J connectivity index is 1.79. The van der Waals surface area contributed by atoms with Gasteiger partial charge in [-0.1, -0.05) is 0 Å². The van der Waals surface area contributed by atoms with E-state index in [1.165, 1.54) is 6.07 Å². The number of halogens is 2. The van der Waals surface area contributed by atoms with Crippen LogP contribution >= 0.6 is 0 Å². The van der Waals surface area contributed by atoms with Crippen molar-refractivity contribution in [2.45, 2.75) is 6.54 Å². The summed E-state index contributed by atoms with van der Waals surface area (Å²) in [5.74, 6) is -1.96. The highest BCUT2D eigenvalue weighted by Crippen LogP contribution is 2.12. The fraction of sp³-hybridized carbons (Fsp3) is 0.167. The number of urea groups is 1. The molecule has 100 valence electrons. The van der Waals surface area contributed by atoms with Gasteiger partial charge in [-0.15, -0.1) is 0 Å². The molecular weight excluding hydrogens is 254 g/mol. The molecule has 7 heteroatoms. The van der Waals surface area contributed by atoms with Gasteiger partial charge in [-0.3, -0.25) is 0 Å². The molecule has 0 aliphatic heterocycles. The average molecular weight is 266 g/mol. The second kappa shape index (κ2) is 5.94. The third-order valence-corrected chi connectivity index (χ3v) is 2.39. The standard InChI is InChI=1S/C12H12F2N4O/c13-10-2-1-9(7-11(10)14)17-12(19)16-4-6-18-5-3-15-8-18/h1-3,5,7-8H,4,6H2,(H2,16,17,19). The van der Waals surface area contributed by atoms with Gasteiger partial charge in [-0.05, 0) is 12.1 Å². The molecule has 19 heavy (non-hydrogen) atoms. The highest BCUT2D eigenvalue weighted by Gasteiger charge is 2.05. The van der Waals surface area contributed by atoms with Gasteiger partial charge < -0.3 is 15.2 Å². The Hall–Kier alpha value is -2.44. The number of benzene rings is 1. The van der Waals surface area contributed by atoms with Crippen LogP contribution in [0.4, 0.5) is 19.3 Å². The molecule has 0 aliphatic carbocycles. The van der Waals surface area contributed by atoms with Crippen molar-refractivity contribution in [2.24, 2.45) is 0 Å². The van der Waals surface area contributed by atoms with Crippen molar-refractivity contribution in [3.63, 3.8) is 0 Å². The monoisotopic (exact) mass is 266 g/mol. The van der Waals surface area contributed by atoms with Gasteiger partial charge in [0.1, 0.15) is 0 Å². The lowest BCUT2D eigenvalue weighted by atomic mass is 10.3. The van der Waals surface area contributed by atoms with Crippen LogP contribution in [0.5, 0.6) is 0 Å². The molecule has 0 aliphatic rings. The van der Waals surface area contributed by atoms with E-state index < -0.39 is 17.7 Å². The number of aromatic nitrogens is 2. The van der Waals surface area contributed by atoms with Crippen LogP contribution in [0.25, 0.3) is 0 Å². The number of hydrogen-bond acceptors (Lipinski definition) is 2. The maximum Gasteiger partial charge on any atom is 0.319 e. The molecule has 0 radical (unpaired) electrons. The van der Waals surface area contributed by atoms with E-state index in [4.69, 9.17) is 0 Å². The lowest BCUT2D eigenvalue weighted by Gasteiger charge is -2.08. The Morgan fingerprint density at radius 3 is 2.84 bits per heavy atom. The lowest BCUT2D eigenvalue weighted by Crippen LogP contribution is -2.31. The van der Waals surface area contributed by atoms with Gasteiger partial charge in [0.15, 0.2) is 11.6 Å². The maximum atomic E-state index is 12.9. The van der Waals surface area contributed by atoms with Crippen molar-refractivity contribution in [1.29, 1.82) is 0 Å². The highest BCUT2D eigenvalue weighted by atomic mass is 19.2. The van der Waals surface area contributed by atoms with Crippen molar-refractivity contribution in [2.75, 3.05) is 11.9 Å². The SMILES string of the molecule is O=C(NCCn1ccnc1)Nc1ccc(F)c(F)c1. The molecule has 1 heterocycles. The summed E-state index contributed by atoms with van der Waals surface area (Å²) in [5.41, 5.74) is 0.194. The predicted octanol–water partition coefficient (Wildman–Crippen LogP) is 1.98. The molecule has 2 N–H and O–H groups in total. The molecule has 5 nitrogen and oxygen atoms in total. The minimum Gasteiger partial charge on any atom is -0.336 e. The van der Waals surface area contributed by atoms with Crippen molar-refractivity contribution in [1.82, 2.24) is 14.9 Å². The highest BCUT2D eigenvalue weighted by molar-refractivity contribution is 5.89. The average Bonchev–Trinajstić information content (AvgIpc) is 2.87. The summed E-state index contributed by atoms with van der Waals surface area (Å²) in [6.45, 7) is 0.969. The van der Waals surface area contributed by atoms with E-state index in [0.29, 0.717) is 13.1 Å². The Bertz CT molecular complexity index is 557. The minimum atomic E-state index is -1.00. The summed E-state index contributed by atoms with van der Waals surface area (Å²) < 4.78 is 27.4. The van der Waals surface area contributed by atoms with Crippen LogP contribution in [0, 0.1) is 11.6 Å². The number of nitrogens with one attached hydrogen (secondary N) is 2. The Morgan fingerprint density at radius 1 is 1.32 bits per heavy atom. The second-order valence-electron chi connectivity index (χ2n) is 3.81.